The fraction of sp³-hybridized carbons (Fsp3) is 0.500. The van der Waals surface area contributed by atoms with Gasteiger partial charge in [0, 0.05) is 12.0 Å². The van der Waals surface area contributed by atoms with Crippen LogP contribution in [0.3, 0.4) is 0 Å². The van der Waals surface area contributed by atoms with Crippen molar-refractivity contribution in [2.45, 2.75) is 38.3 Å². The van der Waals surface area contributed by atoms with Crippen LogP contribution in [-0.2, 0) is 15.1 Å². The molecule has 1 heterocycles. The van der Waals surface area contributed by atoms with E-state index in [9.17, 15) is 4.79 Å². The fourth-order valence-electron chi connectivity index (χ4n) is 2.55. The van der Waals surface area contributed by atoms with Gasteiger partial charge in [-0.15, -0.1) is 0 Å². The summed E-state index contributed by atoms with van der Waals surface area (Å²) in [7, 11) is 1.35. The minimum atomic E-state index is -1.14. The van der Waals surface area contributed by atoms with Crippen molar-refractivity contribution in [2.24, 2.45) is 5.73 Å². The van der Waals surface area contributed by atoms with Crippen LogP contribution in [0.15, 0.2) is 18.2 Å². The summed E-state index contributed by atoms with van der Waals surface area (Å²) >= 11 is 0. The molecule has 4 heteroatoms. The van der Waals surface area contributed by atoms with E-state index in [-0.39, 0.29) is 0 Å². The van der Waals surface area contributed by atoms with Crippen LogP contribution in [0.5, 0.6) is 5.75 Å². The van der Waals surface area contributed by atoms with Gasteiger partial charge in [0.1, 0.15) is 16.9 Å². The molecule has 1 aromatic rings. The van der Waals surface area contributed by atoms with Crippen LogP contribution < -0.4 is 10.5 Å². The summed E-state index contributed by atoms with van der Waals surface area (Å²) < 4.78 is 10.8. The van der Waals surface area contributed by atoms with Crippen LogP contribution >= 0.6 is 0 Å². The molecule has 1 aliphatic heterocycles. The number of esters is 1. The van der Waals surface area contributed by atoms with Crippen LogP contribution in [0.1, 0.15) is 31.4 Å². The van der Waals surface area contributed by atoms with Crippen LogP contribution in [0.2, 0.25) is 0 Å². The summed E-state index contributed by atoms with van der Waals surface area (Å²) in [6.07, 6.45) is 0.392. The molecule has 0 amide bonds. The van der Waals surface area contributed by atoms with Gasteiger partial charge in [-0.2, -0.15) is 0 Å². The Balaban J connectivity index is 2.60. The number of hydrogen-bond donors (Lipinski definition) is 1. The second-order valence-corrected chi connectivity index (χ2v) is 5.50. The van der Waals surface area contributed by atoms with E-state index in [1.807, 2.05) is 39.0 Å². The van der Waals surface area contributed by atoms with E-state index in [0.29, 0.717) is 17.7 Å². The van der Waals surface area contributed by atoms with Gasteiger partial charge in [0.05, 0.1) is 7.11 Å². The Bertz CT molecular complexity index is 496. The third kappa shape index (κ3) is 1.97. The fourth-order valence-corrected chi connectivity index (χ4v) is 2.55. The topological polar surface area (TPSA) is 61.5 Å². The number of aryl methyl sites for hydroxylation is 1. The first-order valence-electron chi connectivity index (χ1n) is 5.96. The van der Waals surface area contributed by atoms with Crippen molar-refractivity contribution in [3.63, 3.8) is 0 Å². The normalized spacial score (nSPS) is 24.9. The minimum Gasteiger partial charge on any atom is -0.487 e. The molecular weight excluding hydrogens is 230 g/mol. The van der Waals surface area contributed by atoms with Gasteiger partial charge in [0.2, 0.25) is 0 Å². The van der Waals surface area contributed by atoms with E-state index in [0.717, 1.165) is 5.56 Å². The molecule has 4 nitrogen and oxygen atoms in total. The van der Waals surface area contributed by atoms with Gasteiger partial charge in [-0.3, -0.25) is 0 Å². The molecule has 0 saturated heterocycles. The number of benzene rings is 1. The first-order valence-corrected chi connectivity index (χ1v) is 5.96. The predicted octanol–water partition coefficient (Wildman–Crippen LogP) is 1.88. The number of rotatable bonds is 1. The summed E-state index contributed by atoms with van der Waals surface area (Å²) in [6, 6.07) is 5.67. The maximum Gasteiger partial charge on any atom is 0.330 e. The third-order valence-electron chi connectivity index (χ3n) is 3.26. The molecule has 2 rings (SSSR count). The Hall–Kier alpha value is -1.55. The summed E-state index contributed by atoms with van der Waals surface area (Å²) in [5, 5.41) is 0. The number of fused-ring (bicyclic) bond motifs is 1. The molecule has 98 valence electrons. The van der Waals surface area contributed by atoms with Gasteiger partial charge in [-0.05, 0) is 32.4 Å². The Kier molecular flexibility index (Phi) is 2.86. The predicted molar refractivity (Wildman–Crippen MR) is 68.4 cm³/mol. The molecule has 2 N–H and O–H groups in total. The average Bonchev–Trinajstić information content (AvgIpc) is 2.25. The second-order valence-electron chi connectivity index (χ2n) is 5.50. The molecule has 1 aromatic carbocycles. The second kappa shape index (κ2) is 3.99. The zero-order valence-corrected chi connectivity index (χ0v) is 11.2. The number of ether oxygens (including phenoxy) is 2. The maximum absolute atomic E-state index is 12.0. The van der Waals surface area contributed by atoms with Gasteiger partial charge in [0.25, 0.3) is 0 Å². The number of carbonyl (C=O) groups excluding carboxylic acids is 1. The van der Waals surface area contributed by atoms with Crippen molar-refractivity contribution in [1.82, 2.24) is 0 Å². The highest BCUT2D eigenvalue weighted by atomic mass is 16.5. The first kappa shape index (κ1) is 12.9. The summed E-state index contributed by atoms with van der Waals surface area (Å²) in [5.74, 6) is 0.239. The molecule has 0 fully saturated rings. The highest BCUT2D eigenvalue weighted by Gasteiger charge is 2.48. The zero-order chi connectivity index (χ0) is 13.6. The van der Waals surface area contributed by atoms with Crippen molar-refractivity contribution in [1.29, 1.82) is 0 Å². The smallest absolute Gasteiger partial charge is 0.330 e. The number of methoxy groups -OCH3 is 1. The average molecular weight is 249 g/mol. The molecule has 0 bridgehead atoms. The molecule has 0 spiro atoms. The van der Waals surface area contributed by atoms with E-state index >= 15 is 0 Å². The monoisotopic (exact) mass is 249 g/mol. The molecule has 0 aliphatic carbocycles. The SMILES string of the molecule is COC(=O)C1(N)CC(C)(C)Oc2cc(C)ccc21. The lowest BCUT2D eigenvalue weighted by Crippen LogP contribution is -2.54. The standard InChI is InChI=1S/C14H19NO3/c1-9-5-6-10-11(7-9)18-13(2,3)8-14(10,15)12(16)17-4/h5-7H,8,15H2,1-4H3. The highest BCUT2D eigenvalue weighted by molar-refractivity contribution is 5.84. The highest BCUT2D eigenvalue weighted by Crippen LogP contribution is 2.42. The lowest BCUT2D eigenvalue weighted by molar-refractivity contribution is -0.151. The Morgan fingerprint density at radius 1 is 1.44 bits per heavy atom. The third-order valence-corrected chi connectivity index (χ3v) is 3.26. The molecule has 1 aliphatic rings. The Morgan fingerprint density at radius 3 is 2.72 bits per heavy atom. The summed E-state index contributed by atoms with van der Waals surface area (Å²) in [6.45, 7) is 5.81. The van der Waals surface area contributed by atoms with Crippen molar-refractivity contribution in [3.05, 3.63) is 29.3 Å². The zero-order valence-electron chi connectivity index (χ0n) is 11.2. The van der Waals surface area contributed by atoms with E-state index in [1.165, 1.54) is 7.11 Å². The molecule has 0 saturated carbocycles. The van der Waals surface area contributed by atoms with Crippen LogP contribution in [0.25, 0.3) is 0 Å². The Morgan fingerprint density at radius 2 is 2.11 bits per heavy atom. The van der Waals surface area contributed by atoms with Gasteiger partial charge in [-0.1, -0.05) is 12.1 Å². The first-order chi connectivity index (χ1) is 8.28. The van der Waals surface area contributed by atoms with E-state index in [2.05, 4.69) is 0 Å². The Labute approximate surface area is 107 Å². The maximum atomic E-state index is 12.0. The van der Waals surface area contributed by atoms with Gasteiger partial charge < -0.3 is 15.2 Å². The van der Waals surface area contributed by atoms with Gasteiger partial charge in [-0.25, -0.2) is 4.79 Å². The number of carbonyl (C=O) groups is 1. The molecule has 0 radical (unpaired) electrons. The minimum absolute atomic E-state index is 0.392. The van der Waals surface area contributed by atoms with Crippen LogP contribution in [0.4, 0.5) is 0 Å². The summed E-state index contributed by atoms with van der Waals surface area (Å²) in [4.78, 5) is 12.0. The summed E-state index contributed by atoms with van der Waals surface area (Å²) in [5.41, 5.74) is 6.42. The number of hydrogen-bond acceptors (Lipinski definition) is 4. The lowest BCUT2D eigenvalue weighted by atomic mass is 9.78. The van der Waals surface area contributed by atoms with Gasteiger partial charge >= 0.3 is 5.97 Å². The van der Waals surface area contributed by atoms with Gasteiger partial charge in [0.15, 0.2) is 0 Å². The van der Waals surface area contributed by atoms with Crippen molar-refractivity contribution in [3.8, 4) is 5.75 Å². The molecule has 0 aromatic heterocycles. The van der Waals surface area contributed by atoms with Crippen molar-refractivity contribution >= 4 is 5.97 Å². The number of nitrogens with two attached hydrogens (primary N) is 1. The van der Waals surface area contributed by atoms with Crippen LogP contribution in [0, 0.1) is 6.92 Å². The molecule has 1 unspecified atom stereocenters. The van der Waals surface area contributed by atoms with E-state index in [1.54, 1.807) is 0 Å². The van der Waals surface area contributed by atoms with Crippen molar-refractivity contribution < 1.29 is 14.3 Å². The molecule has 18 heavy (non-hydrogen) atoms. The van der Waals surface area contributed by atoms with E-state index in [4.69, 9.17) is 15.2 Å². The van der Waals surface area contributed by atoms with Crippen molar-refractivity contribution in [2.75, 3.05) is 7.11 Å². The molecular formula is C14H19NO3. The quantitative estimate of drug-likeness (QED) is 0.772. The van der Waals surface area contributed by atoms with Crippen LogP contribution in [-0.4, -0.2) is 18.7 Å². The molecule has 1 atom stereocenters. The van der Waals surface area contributed by atoms with E-state index < -0.39 is 17.1 Å². The largest absolute Gasteiger partial charge is 0.487 e. The lowest BCUT2D eigenvalue weighted by Gasteiger charge is -2.42.